The summed E-state index contributed by atoms with van der Waals surface area (Å²) < 4.78 is 0. The number of ketones is 11. The summed E-state index contributed by atoms with van der Waals surface area (Å²) in [5, 5.41) is 0. The first kappa shape index (κ1) is 131. The van der Waals surface area contributed by atoms with Crippen molar-refractivity contribution in [3.05, 3.63) is 0 Å². The molecule has 0 amide bonds. The fourth-order valence-corrected chi connectivity index (χ4v) is 25.5. The smallest absolute Gasteiger partial charge is 0.141 e. The van der Waals surface area contributed by atoms with Crippen LogP contribution in [0.4, 0.5) is 0 Å². The molecule has 0 aromatic rings. The molecule has 22 heteroatoms. The minimum Gasteiger partial charge on any atom is -0.306 e. The molecule has 16 saturated heterocycles. The summed E-state index contributed by atoms with van der Waals surface area (Å²) in [5.74, 6) is 13.7. The van der Waals surface area contributed by atoms with Crippen LogP contribution in [-0.4, -0.2) is 336 Å². The lowest BCUT2D eigenvalue weighted by molar-refractivity contribution is -0.142. The third-order valence-electron chi connectivity index (χ3n) is 31.5. The van der Waals surface area contributed by atoms with Gasteiger partial charge >= 0.3 is 0 Å². The molecule has 0 aromatic heterocycles. The van der Waals surface area contributed by atoms with Gasteiger partial charge in [-0.1, -0.05) is 165 Å². The summed E-state index contributed by atoms with van der Waals surface area (Å²) in [6.45, 7) is 60.2. The molecular weight excluding hydrogens is 1710 g/mol. The van der Waals surface area contributed by atoms with E-state index in [1.807, 2.05) is 152 Å². The Kier molecular flexibility index (Phi) is 69.0. The van der Waals surface area contributed by atoms with Gasteiger partial charge < -0.3 is 44.1 Å². The van der Waals surface area contributed by atoms with Crippen molar-refractivity contribution in [1.82, 2.24) is 53.9 Å². The van der Waals surface area contributed by atoms with Crippen LogP contribution in [0, 0.1) is 88.8 Å². The first-order valence-electron chi connectivity index (χ1n) is 57.3. The normalized spacial score (nSPS) is 34.0. The van der Waals surface area contributed by atoms with Crippen molar-refractivity contribution < 1.29 is 52.7 Å². The van der Waals surface area contributed by atoms with E-state index in [9.17, 15) is 52.7 Å². The van der Waals surface area contributed by atoms with Gasteiger partial charge in [-0.05, 0) is 234 Å². The predicted molar refractivity (Wildman–Crippen MR) is 574 cm³/mol. The molecule has 0 N–H and O–H groups in total. The van der Waals surface area contributed by atoms with Crippen molar-refractivity contribution in [1.29, 1.82) is 0 Å². The second-order valence-corrected chi connectivity index (χ2v) is 41.7. The Hall–Kier alpha value is -4.07. The van der Waals surface area contributed by atoms with Crippen LogP contribution in [0.25, 0.3) is 0 Å². The Morgan fingerprint density at radius 3 is 0.752 bits per heavy atom. The molecule has 22 unspecified atom stereocenters. The quantitative estimate of drug-likeness (QED) is 0.220. The Morgan fingerprint density at radius 1 is 0.168 bits per heavy atom. The molecule has 25 fully saturated rings. The highest BCUT2D eigenvalue weighted by atomic mass is 16.2. The maximum Gasteiger partial charge on any atom is 0.141 e. The molecule has 9 aliphatic carbocycles. The van der Waals surface area contributed by atoms with E-state index in [1.54, 1.807) is 0 Å². The van der Waals surface area contributed by atoms with Crippen LogP contribution >= 0.6 is 0 Å². The number of Topliss-reactive ketones (excluding diaryl/α,β-unsaturated/α-hetero) is 11. The molecule has 0 spiro atoms. The molecule has 9 saturated carbocycles. The van der Waals surface area contributed by atoms with E-state index in [-0.39, 0.29) is 0 Å². The van der Waals surface area contributed by atoms with Gasteiger partial charge in [0.25, 0.3) is 0 Å². The number of likely N-dealkylation sites (tertiary alicyclic amines) is 6. The highest BCUT2D eigenvalue weighted by Crippen LogP contribution is 2.41. The van der Waals surface area contributed by atoms with E-state index in [0.717, 1.165) is 220 Å². The molecule has 137 heavy (non-hydrogen) atoms. The first-order chi connectivity index (χ1) is 65.8. The van der Waals surface area contributed by atoms with Crippen molar-refractivity contribution in [2.45, 2.75) is 413 Å². The molecule has 25 aliphatic rings. The zero-order valence-corrected chi connectivity index (χ0v) is 95.3. The summed E-state index contributed by atoms with van der Waals surface area (Å²) >= 11 is 0. The van der Waals surface area contributed by atoms with Crippen LogP contribution < -0.4 is 0 Å². The maximum absolute atomic E-state index is 11.5. The van der Waals surface area contributed by atoms with Crippen LogP contribution in [0.3, 0.4) is 0 Å². The molecule has 16 aliphatic heterocycles. The number of piperidine rings is 11. The maximum atomic E-state index is 11.5. The summed E-state index contributed by atoms with van der Waals surface area (Å²) in [6, 6.07) is 4.11. The number of hydrogen-bond donors (Lipinski definition) is 0. The van der Waals surface area contributed by atoms with Gasteiger partial charge in [0.15, 0.2) is 0 Å². The molecule has 0 aromatic carbocycles. The Bertz CT molecular complexity index is 3220. The second-order valence-electron chi connectivity index (χ2n) is 41.7. The zero-order chi connectivity index (χ0) is 104. The SMILES string of the molecule is CC.CC.CC.CC.CC.CC.CC.CC.CC.CC.CC.CN1C2CCC1CC(=O)C2.CN1C2CCCC1CC(=O)C2.CN1CC2CC(=O)C(C2)C1.CN1CC2CC(=O)CC(C2)C1.CN1CC2CC(=O)CC1C2.CN1CC2CC(C1)C2=O.CN1CC2CC1CC2=O.CN1CC2CCC(C1)C2=O.CN1CC2CCC(CC(=O)C2)C1.CN1CC2CCC1CC2=O.CN1CC2CCCC(CC(=O)C2)C1. The van der Waals surface area contributed by atoms with Crippen molar-refractivity contribution in [3.63, 3.8) is 0 Å². The summed E-state index contributed by atoms with van der Waals surface area (Å²) in [4.78, 5) is 149. The van der Waals surface area contributed by atoms with Crippen molar-refractivity contribution in [2.75, 3.05) is 176 Å². The van der Waals surface area contributed by atoms with E-state index >= 15 is 0 Å². The Morgan fingerprint density at radius 2 is 0.416 bits per heavy atom. The van der Waals surface area contributed by atoms with Gasteiger partial charge in [-0.3, -0.25) is 62.5 Å². The number of carbonyl (C=O) groups excluding carboxylic acids is 11. The average Bonchev–Trinajstić information content (AvgIpc) is 1.78. The minimum absolute atomic E-state index is 0.384. The monoisotopic (exact) mass is 1930 g/mol. The largest absolute Gasteiger partial charge is 0.306 e. The van der Waals surface area contributed by atoms with Crippen LogP contribution in [-0.2, 0) is 52.7 Å². The lowest BCUT2D eigenvalue weighted by atomic mass is 9.70. The van der Waals surface area contributed by atoms with Crippen molar-refractivity contribution in [2.24, 2.45) is 88.8 Å². The van der Waals surface area contributed by atoms with Crippen LogP contribution in [0.5, 0.6) is 0 Å². The first-order valence-corrected chi connectivity index (χ1v) is 57.3. The Balaban J connectivity index is 0.000000739. The number of hydrogen-bond acceptors (Lipinski definition) is 22. The molecule has 22 atom stereocenters. The summed E-state index contributed by atoms with van der Waals surface area (Å²) in [6.07, 6.45) is 35.9. The van der Waals surface area contributed by atoms with Gasteiger partial charge in [-0.15, -0.1) is 0 Å². The fraction of sp³-hybridized carbons (Fsp3) is 0.904. The van der Waals surface area contributed by atoms with E-state index in [1.165, 1.54) is 96.3 Å². The van der Waals surface area contributed by atoms with Gasteiger partial charge in [-0.2, -0.15) is 0 Å². The average molecular weight is 1930 g/mol. The zero-order valence-electron chi connectivity index (χ0n) is 95.3. The third-order valence-corrected chi connectivity index (χ3v) is 31.5. The van der Waals surface area contributed by atoms with E-state index in [4.69, 9.17) is 0 Å². The Labute approximate surface area is 842 Å². The van der Waals surface area contributed by atoms with Crippen LogP contribution in [0.2, 0.25) is 0 Å². The standard InChI is InChI=1S/C11H19NO.C10H17NO.2C9H15NO.5C8H13NO.2C7H11NO.11C2H6/c1-12-7-9-3-2-4-10(8-12)6-11(13)5-9;1-11-6-8-2-3-9(7-11)5-10(12)4-8;1-10-5-7-2-8(6-10)4-9(11)3-7;1-10-7-3-2-4-8(10)6-9(11)5-7;1-9-5-6-2-7(9)4-8(10)3-6;1-9-4-6-2-7(5-9)8(10)3-6;1-9-5-6-2-3-7(9)4-8(6)10;1-9-4-6-2-3-7(5-9)8(6)10;1-9-6-2-3-7(9)5-8(10)4-6;1-8-4-5-2-6(8)3-7(5)9;1-8-3-5-2-6(4-8)7(5)9;11*1-2/h9-10H,2-8H2,1H3;8-9H,2-7H2,1H3;2*7-8H,2-6H2,1H3;5*6-7H,2-5H2,1H3;2*5-6H,2-4H2,1H3;11*1-2H3. The minimum atomic E-state index is 0.384. The van der Waals surface area contributed by atoms with E-state index in [0.29, 0.717) is 195 Å². The third kappa shape index (κ3) is 44.4. The van der Waals surface area contributed by atoms with E-state index < -0.39 is 0 Å². The topological polar surface area (TPSA) is 223 Å². The number of rotatable bonds is 0. The second kappa shape index (κ2) is 72.2. The van der Waals surface area contributed by atoms with Crippen molar-refractivity contribution in [3.8, 4) is 0 Å². The van der Waals surface area contributed by atoms with E-state index in [2.05, 4.69) is 131 Å². The highest BCUT2D eigenvalue weighted by Gasteiger charge is 2.47. The van der Waals surface area contributed by atoms with Crippen LogP contribution in [0.1, 0.15) is 371 Å². The van der Waals surface area contributed by atoms with Gasteiger partial charge in [0.1, 0.15) is 63.6 Å². The molecule has 800 valence electrons. The molecule has 22 bridgehead atoms. The lowest BCUT2D eigenvalue weighted by Gasteiger charge is -2.43. The molecule has 22 nitrogen and oxygen atoms in total. The van der Waals surface area contributed by atoms with Gasteiger partial charge in [0, 0.05) is 278 Å². The van der Waals surface area contributed by atoms with Crippen molar-refractivity contribution >= 4 is 63.6 Å². The molecule has 25 rings (SSSR count). The fourth-order valence-electron chi connectivity index (χ4n) is 25.5. The highest BCUT2D eigenvalue weighted by molar-refractivity contribution is 5.90. The van der Waals surface area contributed by atoms with Crippen LogP contribution in [0.15, 0.2) is 0 Å². The predicted octanol–water partition coefficient (Wildman–Crippen LogP) is 20.0. The molecule has 0 radical (unpaired) electrons. The van der Waals surface area contributed by atoms with Gasteiger partial charge in [0.2, 0.25) is 0 Å². The summed E-state index contributed by atoms with van der Waals surface area (Å²) in [5.41, 5.74) is 0. The molecular formula is C115H219N11O11. The van der Waals surface area contributed by atoms with Gasteiger partial charge in [0.05, 0.1) is 0 Å². The summed E-state index contributed by atoms with van der Waals surface area (Å²) in [7, 11) is 23.5. The number of nitrogens with zero attached hydrogens (tertiary/aromatic N) is 11. The molecule has 16 heterocycles. The lowest BCUT2D eigenvalue weighted by Crippen LogP contribution is -2.54. The number of fused-ring (bicyclic) bond motifs is 28. The number of carbonyl (C=O) groups is 11. The van der Waals surface area contributed by atoms with Gasteiger partial charge in [-0.25, -0.2) is 0 Å².